The van der Waals surface area contributed by atoms with Gasteiger partial charge in [0.05, 0.1) is 11.0 Å². The highest BCUT2D eigenvalue weighted by Crippen LogP contribution is 2.21. The van der Waals surface area contributed by atoms with Gasteiger partial charge >= 0.3 is 0 Å². The molecular formula is C14H8N2. The molecule has 2 aromatic heterocycles. The van der Waals surface area contributed by atoms with E-state index in [4.69, 9.17) is 6.42 Å². The van der Waals surface area contributed by atoms with Crippen LogP contribution in [0.15, 0.2) is 42.6 Å². The van der Waals surface area contributed by atoms with Crippen molar-refractivity contribution in [2.24, 2.45) is 0 Å². The molecule has 0 aliphatic rings. The van der Waals surface area contributed by atoms with Crippen molar-refractivity contribution in [3.05, 3.63) is 48.3 Å². The summed E-state index contributed by atoms with van der Waals surface area (Å²) in [4.78, 5) is 8.78. The maximum Gasteiger partial charge on any atom is 0.113 e. The molecule has 0 spiro atoms. The Kier molecular flexibility index (Phi) is 1.84. The molecule has 2 heteroatoms. The van der Waals surface area contributed by atoms with E-state index in [1.807, 2.05) is 36.4 Å². The van der Waals surface area contributed by atoms with Crippen LogP contribution in [0, 0.1) is 12.3 Å². The zero-order valence-corrected chi connectivity index (χ0v) is 8.51. The van der Waals surface area contributed by atoms with E-state index in [0.717, 1.165) is 21.8 Å². The summed E-state index contributed by atoms with van der Waals surface area (Å²) in [5.74, 6) is 2.54. The van der Waals surface area contributed by atoms with Crippen molar-refractivity contribution < 1.29 is 0 Å². The molecule has 0 bridgehead atoms. The minimum Gasteiger partial charge on any atom is -0.254 e. The molecule has 0 saturated carbocycles. The summed E-state index contributed by atoms with van der Waals surface area (Å²) in [5, 5.41) is 2.14. The van der Waals surface area contributed by atoms with Crippen LogP contribution in [-0.2, 0) is 0 Å². The second-order valence-corrected chi connectivity index (χ2v) is 3.55. The van der Waals surface area contributed by atoms with Gasteiger partial charge in [-0.2, -0.15) is 0 Å². The summed E-state index contributed by atoms with van der Waals surface area (Å²) >= 11 is 0. The van der Waals surface area contributed by atoms with Crippen molar-refractivity contribution in [1.29, 1.82) is 0 Å². The minimum atomic E-state index is 0.644. The Labute approximate surface area is 93.0 Å². The molecule has 0 aliphatic carbocycles. The molecule has 0 N–H and O–H groups in total. The smallest absolute Gasteiger partial charge is 0.113 e. The first-order chi connectivity index (χ1) is 7.88. The van der Waals surface area contributed by atoms with Gasteiger partial charge in [-0.1, -0.05) is 24.1 Å². The first kappa shape index (κ1) is 8.87. The van der Waals surface area contributed by atoms with Crippen molar-refractivity contribution in [3.8, 4) is 12.3 Å². The van der Waals surface area contributed by atoms with Gasteiger partial charge in [0.25, 0.3) is 0 Å². The van der Waals surface area contributed by atoms with Crippen molar-refractivity contribution in [1.82, 2.24) is 9.97 Å². The number of terminal acetylenes is 1. The molecular weight excluding hydrogens is 196 g/mol. The highest BCUT2D eigenvalue weighted by molar-refractivity contribution is 6.02. The monoisotopic (exact) mass is 204 g/mol. The number of nitrogens with zero attached hydrogens (tertiary/aromatic N) is 2. The molecule has 2 nitrogen and oxygen atoms in total. The number of benzene rings is 1. The van der Waals surface area contributed by atoms with E-state index in [9.17, 15) is 0 Å². The Bertz CT molecular complexity index is 723. The van der Waals surface area contributed by atoms with E-state index in [1.165, 1.54) is 0 Å². The summed E-state index contributed by atoms with van der Waals surface area (Å²) in [7, 11) is 0. The Morgan fingerprint density at radius 2 is 1.69 bits per heavy atom. The predicted molar refractivity (Wildman–Crippen MR) is 65.0 cm³/mol. The van der Waals surface area contributed by atoms with E-state index in [2.05, 4.69) is 15.9 Å². The van der Waals surface area contributed by atoms with Crippen LogP contribution in [0.4, 0.5) is 0 Å². The molecule has 74 valence electrons. The van der Waals surface area contributed by atoms with E-state index < -0.39 is 0 Å². The fourth-order valence-electron chi connectivity index (χ4n) is 1.80. The minimum absolute atomic E-state index is 0.644. The zero-order chi connectivity index (χ0) is 11.0. The highest BCUT2D eigenvalue weighted by Gasteiger charge is 2.02. The van der Waals surface area contributed by atoms with E-state index in [0.29, 0.717) is 5.69 Å². The second kappa shape index (κ2) is 3.32. The van der Waals surface area contributed by atoms with Crippen molar-refractivity contribution in [2.45, 2.75) is 0 Å². The fourth-order valence-corrected chi connectivity index (χ4v) is 1.80. The number of pyridine rings is 2. The van der Waals surface area contributed by atoms with Crippen molar-refractivity contribution >= 4 is 21.8 Å². The Morgan fingerprint density at radius 3 is 2.50 bits per heavy atom. The summed E-state index contributed by atoms with van der Waals surface area (Å²) < 4.78 is 0. The third kappa shape index (κ3) is 1.23. The van der Waals surface area contributed by atoms with Crippen LogP contribution < -0.4 is 0 Å². The van der Waals surface area contributed by atoms with Gasteiger partial charge in [-0.15, -0.1) is 6.42 Å². The fraction of sp³-hybridized carbons (Fsp3) is 0. The summed E-state index contributed by atoms with van der Waals surface area (Å²) in [6.07, 6.45) is 7.12. The van der Waals surface area contributed by atoms with E-state index in [1.54, 1.807) is 6.20 Å². The average molecular weight is 204 g/mol. The molecule has 0 fully saturated rings. The van der Waals surface area contributed by atoms with Crippen LogP contribution >= 0.6 is 0 Å². The quantitative estimate of drug-likeness (QED) is 0.415. The second-order valence-electron chi connectivity index (χ2n) is 3.55. The van der Waals surface area contributed by atoms with Gasteiger partial charge in [0, 0.05) is 17.0 Å². The average Bonchev–Trinajstić information content (AvgIpc) is 2.38. The first-order valence-electron chi connectivity index (χ1n) is 4.99. The van der Waals surface area contributed by atoms with Gasteiger partial charge < -0.3 is 0 Å². The predicted octanol–water partition coefficient (Wildman–Crippen LogP) is 2.76. The summed E-state index contributed by atoms with van der Waals surface area (Å²) in [5.41, 5.74) is 2.41. The zero-order valence-electron chi connectivity index (χ0n) is 8.51. The third-order valence-corrected chi connectivity index (χ3v) is 2.58. The lowest BCUT2D eigenvalue weighted by Crippen LogP contribution is -1.87. The largest absolute Gasteiger partial charge is 0.254 e. The van der Waals surface area contributed by atoms with Crippen molar-refractivity contribution in [2.75, 3.05) is 0 Å². The molecule has 0 aliphatic heterocycles. The Balaban J connectivity index is 2.53. The van der Waals surface area contributed by atoms with Gasteiger partial charge in [0.15, 0.2) is 0 Å². The Hall–Kier alpha value is -2.40. The molecule has 2 heterocycles. The number of fused-ring (bicyclic) bond motifs is 3. The van der Waals surface area contributed by atoms with Gasteiger partial charge in [-0.3, -0.25) is 4.98 Å². The molecule has 16 heavy (non-hydrogen) atoms. The summed E-state index contributed by atoms with van der Waals surface area (Å²) in [6, 6.07) is 11.8. The van der Waals surface area contributed by atoms with Crippen LogP contribution in [0.3, 0.4) is 0 Å². The van der Waals surface area contributed by atoms with Crippen molar-refractivity contribution in [3.63, 3.8) is 0 Å². The van der Waals surface area contributed by atoms with Gasteiger partial charge in [-0.05, 0) is 18.2 Å². The normalized spacial score (nSPS) is 10.4. The number of rotatable bonds is 0. The topological polar surface area (TPSA) is 25.8 Å². The molecule has 1 aromatic carbocycles. The van der Waals surface area contributed by atoms with Gasteiger partial charge in [0.1, 0.15) is 5.69 Å². The standard InChI is InChI=1S/C14H8N2/c1-2-12-8-7-11-6-5-10-4-3-9-15-13(10)14(11)16-12/h1,3-9H. The Morgan fingerprint density at radius 1 is 0.938 bits per heavy atom. The number of hydrogen-bond donors (Lipinski definition) is 0. The third-order valence-electron chi connectivity index (χ3n) is 2.58. The number of hydrogen-bond acceptors (Lipinski definition) is 2. The molecule has 0 radical (unpaired) electrons. The van der Waals surface area contributed by atoms with Crippen LogP contribution in [0.5, 0.6) is 0 Å². The van der Waals surface area contributed by atoms with Crippen LogP contribution in [0.2, 0.25) is 0 Å². The highest BCUT2D eigenvalue weighted by atomic mass is 14.7. The maximum atomic E-state index is 5.35. The molecule has 3 rings (SSSR count). The molecule has 0 unspecified atom stereocenters. The van der Waals surface area contributed by atoms with Crippen LogP contribution in [0.1, 0.15) is 5.69 Å². The van der Waals surface area contributed by atoms with E-state index in [-0.39, 0.29) is 0 Å². The molecule has 3 aromatic rings. The molecule has 0 amide bonds. The SMILES string of the molecule is C#Cc1ccc2ccc3cccnc3c2n1. The summed E-state index contributed by atoms with van der Waals surface area (Å²) in [6.45, 7) is 0. The van der Waals surface area contributed by atoms with Crippen LogP contribution in [0.25, 0.3) is 21.8 Å². The maximum absolute atomic E-state index is 5.35. The number of aromatic nitrogens is 2. The van der Waals surface area contributed by atoms with Crippen LogP contribution in [-0.4, -0.2) is 9.97 Å². The molecule has 0 atom stereocenters. The van der Waals surface area contributed by atoms with Gasteiger partial charge in [-0.25, -0.2) is 4.98 Å². The van der Waals surface area contributed by atoms with Gasteiger partial charge in [0.2, 0.25) is 0 Å². The first-order valence-corrected chi connectivity index (χ1v) is 4.99. The lowest BCUT2D eigenvalue weighted by Gasteiger charge is -2.02. The van der Waals surface area contributed by atoms with E-state index >= 15 is 0 Å². The lowest BCUT2D eigenvalue weighted by molar-refractivity contribution is 1.34. The lowest BCUT2D eigenvalue weighted by atomic mass is 10.1. The molecule has 0 saturated heterocycles.